The standard InChI is InChI=1S/C28H29FN4O4/c1-3-27(34)33-12-9-17(10-13-33)20-15-21-24(16-26(20)36-2)30-11-8-25(21)37-19-6-7-23(22(29)14-19)32-28(35)31-18-4-5-18/h3,6-9,11,14-16,18,27,34H,1,4-5,10,12-13H2,2H3,(H2,31,32,35). The number of benzene rings is 2. The summed E-state index contributed by atoms with van der Waals surface area (Å²) in [5.74, 6) is 0.900. The summed E-state index contributed by atoms with van der Waals surface area (Å²) in [4.78, 5) is 18.3. The molecule has 0 radical (unpaired) electrons. The number of hydrogen-bond acceptors (Lipinski definition) is 6. The maximum atomic E-state index is 14.7. The highest BCUT2D eigenvalue weighted by atomic mass is 19.1. The second-order valence-corrected chi connectivity index (χ2v) is 9.12. The summed E-state index contributed by atoms with van der Waals surface area (Å²) in [5, 5.41) is 16.1. The van der Waals surface area contributed by atoms with Crippen LogP contribution in [0.2, 0.25) is 0 Å². The van der Waals surface area contributed by atoms with E-state index < -0.39 is 18.1 Å². The summed E-state index contributed by atoms with van der Waals surface area (Å²) in [5.41, 5.74) is 2.76. The number of amides is 2. The van der Waals surface area contributed by atoms with Gasteiger partial charge in [0.2, 0.25) is 0 Å². The number of methoxy groups -OCH3 is 1. The Morgan fingerprint density at radius 1 is 1.27 bits per heavy atom. The molecule has 9 heteroatoms. The highest BCUT2D eigenvalue weighted by molar-refractivity contribution is 5.91. The number of anilines is 1. The van der Waals surface area contributed by atoms with Gasteiger partial charge in [-0.05, 0) is 55.2 Å². The van der Waals surface area contributed by atoms with E-state index in [-0.39, 0.29) is 11.7 Å². The molecule has 5 rings (SSSR count). The first-order valence-corrected chi connectivity index (χ1v) is 12.2. The zero-order valence-corrected chi connectivity index (χ0v) is 20.5. The minimum atomic E-state index is -0.685. The molecular weight excluding hydrogens is 475 g/mol. The van der Waals surface area contributed by atoms with Gasteiger partial charge in [0, 0.05) is 48.4 Å². The fraction of sp³-hybridized carbons (Fsp3) is 0.286. The number of halogens is 1. The van der Waals surface area contributed by atoms with Gasteiger partial charge < -0.3 is 25.2 Å². The van der Waals surface area contributed by atoms with Crippen molar-refractivity contribution in [3.63, 3.8) is 0 Å². The molecule has 3 N–H and O–H groups in total. The molecule has 1 aliphatic heterocycles. The quantitative estimate of drug-likeness (QED) is 0.372. The Morgan fingerprint density at radius 2 is 2.11 bits per heavy atom. The van der Waals surface area contributed by atoms with E-state index >= 15 is 0 Å². The lowest BCUT2D eigenvalue weighted by atomic mass is 9.96. The van der Waals surface area contributed by atoms with Crippen LogP contribution in [0.3, 0.4) is 0 Å². The van der Waals surface area contributed by atoms with E-state index in [2.05, 4.69) is 28.3 Å². The van der Waals surface area contributed by atoms with Gasteiger partial charge >= 0.3 is 6.03 Å². The van der Waals surface area contributed by atoms with Gasteiger partial charge in [-0.25, -0.2) is 9.18 Å². The van der Waals surface area contributed by atoms with Crippen molar-refractivity contribution >= 4 is 28.2 Å². The van der Waals surface area contributed by atoms with Crippen LogP contribution >= 0.6 is 0 Å². The van der Waals surface area contributed by atoms with E-state index in [1.165, 1.54) is 18.2 Å². The number of ether oxygens (including phenoxy) is 2. The molecule has 0 saturated heterocycles. The Bertz CT molecular complexity index is 1370. The summed E-state index contributed by atoms with van der Waals surface area (Å²) in [7, 11) is 1.62. The van der Waals surface area contributed by atoms with Crippen LogP contribution in [0.5, 0.6) is 17.2 Å². The average Bonchev–Trinajstić information content (AvgIpc) is 3.73. The third-order valence-electron chi connectivity index (χ3n) is 6.52. The van der Waals surface area contributed by atoms with Crippen LogP contribution in [0.4, 0.5) is 14.9 Å². The molecule has 1 fully saturated rings. The minimum Gasteiger partial charge on any atom is -0.496 e. The Balaban J connectivity index is 1.40. The van der Waals surface area contributed by atoms with E-state index in [0.717, 1.165) is 35.8 Å². The van der Waals surface area contributed by atoms with Crippen LogP contribution in [0, 0.1) is 5.82 Å². The molecule has 1 aromatic heterocycles. The number of carbonyl (C=O) groups is 1. The Hall–Kier alpha value is -3.95. The van der Waals surface area contributed by atoms with Crippen molar-refractivity contribution in [1.82, 2.24) is 15.2 Å². The number of aliphatic hydroxyl groups is 1. The van der Waals surface area contributed by atoms with Crippen molar-refractivity contribution in [2.75, 3.05) is 25.5 Å². The molecule has 192 valence electrons. The third kappa shape index (κ3) is 5.58. The van der Waals surface area contributed by atoms with Gasteiger partial charge in [0.15, 0.2) is 0 Å². The molecule has 1 atom stereocenters. The number of carbonyl (C=O) groups excluding carboxylic acids is 1. The lowest BCUT2D eigenvalue weighted by Gasteiger charge is -2.29. The number of aliphatic hydroxyl groups excluding tert-OH is 1. The molecular formula is C28H29FN4O4. The van der Waals surface area contributed by atoms with Crippen LogP contribution in [0.1, 0.15) is 24.8 Å². The van der Waals surface area contributed by atoms with E-state index in [1.807, 2.05) is 17.0 Å². The first-order valence-electron chi connectivity index (χ1n) is 12.2. The van der Waals surface area contributed by atoms with Crippen molar-refractivity contribution in [3.05, 3.63) is 72.7 Å². The van der Waals surface area contributed by atoms with Gasteiger partial charge in [0.1, 0.15) is 29.3 Å². The van der Waals surface area contributed by atoms with Crippen molar-refractivity contribution in [1.29, 1.82) is 0 Å². The Morgan fingerprint density at radius 3 is 2.78 bits per heavy atom. The van der Waals surface area contributed by atoms with Crippen LogP contribution in [-0.2, 0) is 0 Å². The molecule has 0 bridgehead atoms. The number of nitrogens with zero attached hydrogens (tertiary/aromatic N) is 2. The lowest BCUT2D eigenvalue weighted by molar-refractivity contribution is 0.0506. The Kier molecular flexibility index (Phi) is 7.07. The van der Waals surface area contributed by atoms with Crippen LogP contribution in [0.25, 0.3) is 16.5 Å². The highest BCUT2D eigenvalue weighted by Gasteiger charge is 2.24. The van der Waals surface area contributed by atoms with E-state index in [9.17, 15) is 14.3 Å². The number of nitrogens with one attached hydrogen (secondary N) is 2. The molecule has 1 unspecified atom stereocenters. The third-order valence-corrected chi connectivity index (χ3v) is 6.52. The SMILES string of the molecule is C=CC(O)N1CC=C(c2cc3c(Oc4ccc(NC(=O)NC5CC5)c(F)c4)ccnc3cc2OC)CC1. The predicted molar refractivity (Wildman–Crippen MR) is 140 cm³/mol. The number of fused-ring (bicyclic) bond motifs is 1. The zero-order chi connectivity index (χ0) is 25.9. The van der Waals surface area contributed by atoms with Crippen molar-refractivity contribution in [2.24, 2.45) is 0 Å². The Labute approximate surface area is 214 Å². The number of hydrogen-bond donors (Lipinski definition) is 3. The summed E-state index contributed by atoms with van der Waals surface area (Å²) < 4.78 is 26.4. The second kappa shape index (κ2) is 10.6. The molecule has 8 nitrogen and oxygen atoms in total. The molecule has 1 saturated carbocycles. The van der Waals surface area contributed by atoms with Gasteiger partial charge in [-0.2, -0.15) is 0 Å². The summed E-state index contributed by atoms with van der Waals surface area (Å²) >= 11 is 0. The van der Waals surface area contributed by atoms with E-state index in [4.69, 9.17) is 9.47 Å². The van der Waals surface area contributed by atoms with Crippen molar-refractivity contribution in [3.8, 4) is 17.2 Å². The first kappa shape index (κ1) is 24.7. The van der Waals surface area contributed by atoms with Crippen LogP contribution in [-0.4, -0.2) is 53.5 Å². The topological polar surface area (TPSA) is 96.0 Å². The molecule has 2 aromatic carbocycles. The maximum absolute atomic E-state index is 14.7. The highest BCUT2D eigenvalue weighted by Crippen LogP contribution is 2.38. The van der Waals surface area contributed by atoms with Gasteiger partial charge in [-0.3, -0.25) is 9.88 Å². The molecule has 2 aliphatic rings. The molecule has 3 aromatic rings. The van der Waals surface area contributed by atoms with Crippen molar-refractivity contribution < 1.29 is 23.8 Å². The fourth-order valence-electron chi connectivity index (χ4n) is 4.34. The molecule has 0 spiro atoms. The molecule has 2 heterocycles. The molecule has 1 aliphatic carbocycles. The minimum absolute atomic E-state index is 0.0805. The smallest absolute Gasteiger partial charge is 0.319 e. The number of rotatable bonds is 8. The zero-order valence-electron chi connectivity index (χ0n) is 20.5. The van der Waals surface area contributed by atoms with Crippen LogP contribution in [0.15, 0.2) is 61.3 Å². The normalized spacial score (nSPS) is 16.6. The van der Waals surface area contributed by atoms with Gasteiger partial charge in [-0.15, -0.1) is 0 Å². The summed E-state index contributed by atoms with van der Waals surface area (Å²) in [6, 6.07) is 9.63. The number of aromatic nitrogens is 1. The predicted octanol–water partition coefficient (Wildman–Crippen LogP) is 5.05. The number of pyridine rings is 1. The largest absolute Gasteiger partial charge is 0.496 e. The van der Waals surface area contributed by atoms with Gasteiger partial charge in [-0.1, -0.05) is 12.7 Å². The first-order chi connectivity index (χ1) is 17.9. The van der Waals surface area contributed by atoms with Gasteiger partial charge in [0.25, 0.3) is 0 Å². The van der Waals surface area contributed by atoms with E-state index in [0.29, 0.717) is 35.9 Å². The lowest BCUT2D eigenvalue weighted by Crippen LogP contribution is -2.36. The second-order valence-electron chi connectivity index (χ2n) is 9.12. The molecule has 37 heavy (non-hydrogen) atoms. The monoisotopic (exact) mass is 504 g/mol. The molecule has 2 amide bonds. The fourth-order valence-corrected chi connectivity index (χ4v) is 4.34. The van der Waals surface area contributed by atoms with Crippen LogP contribution < -0.4 is 20.1 Å². The average molecular weight is 505 g/mol. The van der Waals surface area contributed by atoms with E-state index in [1.54, 1.807) is 25.4 Å². The van der Waals surface area contributed by atoms with Gasteiger partial charge in [0.05, 0.1) is 18.3 Å². The van der Waals surface area contributed by atoms with Crippen molar-refractivity contribution in [2.45, 2.75) is 31.5 Å². The number of urea groups is 1. The summed E-state index contributed by atoms with van der Waals surface area (Å²) in [6.07, 6.45) is 7.14. The summed E-state index contributed by atoms with van der Waals surface area (Å²) in [6.45, 7) is 4.91. The maximum Gasteiger partial charge on any atom is 0.319 e.